The van der Waals surface area contributed by atoms with Crippen LogP contribution in [0, 0.1) is 0 Å². The number of hydrogen-bond donors (Lipinski definition) is 4. The predicted octanol–water partition coefficient (Wildman–Crippen LogP) is 3.25. The molecule has 0 saturated heterocycles. The number of aromatic nitrogens is 2. The highest BCUT2D eigenvalue weighted by Gasteiger charge is 2.20. The first-order chi connectivity index (χ1) is 22.8. The summed E-state index contributed by atoms with van der Waals surface area (Å²) in [6.07, 6.45) is 7.52. The van der Waals surface area contributed by atoms with Gasteiger partial charge in [0, 0.05) is 24.5 Å². The Bertz CT molecular complexity index is 1500. The second-order valence-electron chi connectivity index (χ2n) is 10.7. The lowest BCUT2D eigenvalue weighted by Crippen LogP contribution is -2.28. The highest BCUT2D eigenvalue weighted by Crippen LogP contribution is 2.36. The number of hydrogen-bond acceptors (Lipinski definition) is 12. The summed E-state index contributed by atoms with van der Waals surface area (Å²) in [5.41, 5.74) is 1.95. The summed E-state index contributed by atoms with van der Waals surface area (Å²) in [7, 11) is 9.16. The van der Waals surface area contributed by atoms with Gasteiger partial charge in [0.2, 0.25) is 0 Å². The normalized spacial score (nSPS) is 12.2. The number of benzene rings is 2. The molecule has 0 bridgehead atoms. The zero-order valence-electron chi connectivity index (χ0n) is 27.5. The van der Waals surface area contributed by atoms with Crippen LogP contribution in [0.1, 0.15) is 37.7 Å². The summed E-state index contributed by atoms with van der Waals surface area (Å²) in [5, 5.41) is 30.5. The minimum atomic E-state index is -1.82. The molecule has 1 heterocycles. The lowest BCUT2D eigenvalue weighted by atomic mass is 10.1. The topological polar surface area (TPSA) is 218 Å². The quantitative estimate of drug-likeness (QED) is 0.203. The predicted molar refractivity (Wildman–Crippen MR) is 173 cm³/mol. The van der Waals surface area contributed by atoms with Gasteiger partial charge in [-0.2, -0.15) is 0 Å². The fraction of sp³-hybridized carbons (Fsp3) is 0.438. The Kier molecular flexibility index (Phi) is 15.6. The van der Waals surface area contributed by atoms with Gasteiger partial charge in [0.05, 0.1) is 33.0 Å². The van der Waals surface area contributed by atoms with E-state index in [0.29, 0.717) is 18.0 Å². The number of carbonyl (C=O) groups is 4. The number of nitrogens with zero attached hydrogens (tertiary/aromatic N) is 4. The molecule has 262 valence electrons. The van der Waals surface area contributed by atoms with Crippen LogP contribution in [-0.2, 0) is 25.7 Å². The second-order valence-corrected chi connectivity index (χ2v) is 10.7. The number of rotatable bonds is 12. The summed E-state index contributed by atoms with van der Waals surface area (Å²) < 4.78 is 23.0. The lowest BCUT2D eigenvalue weighted by Gasteiger charge is -2.26. The van der Waals surface area contributed by atoms with E-state index in [-0.39, 0.29) is 6.10 Å². The van der Waals surface area contributed by atoms with Crippen molar-refractivity contribution in [1.29, 1.82) is 0 Å². The fourth-order valence-electron chi connectivity index (χ4n) is 4.78. The van der Waals surface area contributed by atoms with Gasteiger partial charge in [-0.1, -0.05) is 6.07 Å². The van der Waals surface area contributed by atoms with E-state index in [4.69, 9.17) is 63.5 Å². The van der Waals surface area contributed by atoms with E-state index >= 15 is 0 Å². The number of carboxylic acids is 4. The lowest BCUT2D eigenvalue weighted by molar-refractivity contribution is -0.159. The van der Waals surface area contributed by atoms with Crippen LogP contribution in [-0.4, -0.2) is 114 Å². The first-order valence-electron chi connectivity index (χ1n) is 14.8. The Balaban J connectivity index is 0.000000570. The Hall–Kier alpha value is -5.38. The minimum absolute atomic E-state index is 0.263. The third kappa shape index (κ3) is 12.1. The van der Waals surface area contributed by atoms with Crippen LogP contribution >= 0.6 is 0 Å². The maximum atomic E-state index is 9.10. The third-order valence-corrected chi connectivity index (χ3v) is 7.02. The molecule has 16 nitrogen and oxygen atoms in total. The molecule has 1 aliphatic carbocycles. The molecule has 1 aromatic heterocycles. The highest BCUT2D eigenvalue weighted by molar-refractivity contribution is 6.27. The van der Waals surface area contributed by atoms with Crippen LogP contribution in [0.4, 0.5) is 5.82 Å². The van der Waals surface area contributed by atoms with E-state index in [1.54, 1.807) is 27.7 Å². The van der Waals surface area contributed by atoms with E-state index < -0.39 is 23.9 Å². The number of fused-ring (bicyclic) bond motifs is 1. The molecule has 16 heteroatoms. The molecular weight excluding hydrogens is 632 g/mol. The molecule has 1 aliphatic rings. The van der Waals surface area contributed by atoms with Crippen molar-refractivity contribution in [1.82, 2.24) is 14.9 Å². The Morgan fingerprint density at radius 1 is 0.750 bits per heavy atom. The first-order valence-corrected chi connectivity index (χ1v) is 14.8. The van der Waals surface area contributed by atoms with Crippen molar-refractivity contribution in [3.05, 3.63) is 42.2 Å². The molecule has 2 aromatic carbocycles. The van der Waals surface area contributed by atoms with Crippen molar-refractivity contribution in [2.45, 2.75) is 44.8 Å². The van der Waals surface area contributed by atoms with E-state index in [0.717, 1.165) is 66.1 Å². The van der Waals surface area contributed by atoms with Gasteiger partial charge in [0.1, 0.15) is 12.1 Å². The number of methoxy groups -OCH3 is 3. The molecule has 1 fully saturated rings. The zero-order valence-corrected chi connectivity index (χ0v) is 27.5. The number of ether oxygens (including phenoxy) is 4. The van der Waals surface area contributed by atoms with Crippen LogP contribution in [0.25, 0.3) is 10.9 Å². The van der Waals surface area contributed by atoms with Crippen molar-refractivity contribution >= 4 is 40.6 Å². The average molecular weight is 675 g/mol. The number of carboxylic acid groups (broad SMARTS) is 4. The Morgan fingerprint density at radius 3 is 1.83 bits per heavy atom. The molecule has 0 radical (unpaired) electrons. The van der Waals surface area contributed by atoms with Crippen LogP contribution in [0.5, 0.6) is 23.0 Å². The summed E-state index contributed by atoms with van der Waals surface area (Å²) >= 11 is 0. The van der Waals surface area contributed by atoms with E-state index in [2.05, 4.69) is 41.0 Å². The van der Waals surface area contributed by atoms with Gasteiger partial charge in [-0.15, -0.1) is 0 Å². The van der Waals surface area contributed by atoms with Gasteiger partial charge in [-0.3, -0.25) is 0 Å². The Morgan fingerprint density at radius 2 is 1.31 bits per heavy atom. The first kappa shape index (κ1) is 38.8. The fourth-order valence-corrected chi connectivity index (χ4v) is 4.78. The molecular formula is C32H42N4O12. The molecule has 48 heavy (non-hydrogen) atoms. The maximum Gasteiger partial charge on any atom is 0.414 e. The second kappa shape index (κ2) is 19.3. The number of anilines is 1. The molecule has 0 amide bonds. The maximum absolute atomic E-state index is 9.10. The molecule has 0 atom stereocenters. The highest BCUT2D eigenvalue weighted by atomic mass is 16.5. The van der Waals surface area contributed by atoms with Crippen LogP contribution in [0.15, 0.2) is 36.7 Å². The standard InChI is InChI=1S/C28H38N4O4.2C2H2O4/c1-31(2)13-8-14-32(28-22-16-25(34-4)26(35-5)17-23(22)29-19-30-28)18-20-11-12-24(33-3)27(15-20)36-21-9-6-7-10-21;2*3-1(4)2(5)6/h11-12,15-17,19,21H,6-10,13-14,18H2,1-5H3;2*(H,3,4)(H,5,6). The van der Waals surface area contributed by atoms with Gasteiger partial charge in [-0.05, 0) is 76.5 Å². The van der Waals surface area contributed by atoms with Crippen molar-refractivity contribution < 1.29 is 58.6 Å². The van der Waals surface area contributed by atoms with Gasteiger partial charge < -0.3 is 49.2 Å². The van der Waals surface area contributed by atoms with Gasteiger partial charge in [0.25, 0.3) is 0 Å². The molecule has 1 saturated carbocycles. The van der Waals surface area contributed by atoms with Crippen molar-refractivity contribution in [2.75, 3.05) is 53.4 Å². The van der Waals surface area contributed by atoms with Crippen LogP contribution in [0.2, 0.25) is 0 Å². The van der Waals surface area contributed by atoms with Crippen LogP contribution in [0.3, 0.4) is 0 Å². The smallest absolute Gasteiger partial charge is 0.414 e. The molecule has 3 aromatic rings. The molecule has 0 unspecified atom stereocenters. The third-order valence-electron chi connectivity index (χ3n) is 7.02. The SMILES string of the molecule is COc1cc2ncnc(N(CCCN(C)C)Cc3ccc(OC)c(OC4CCCC4)c3)c2cc1OC.O=C(O)C(=O)O.O=C(O)C(=O)O. The minimum Gasteiger partial charge on any atom is -0.493 e. The van der Waals surface area contributed by atoms with Gasteiger partial charge >= 0.3 is 23.9 Å². The zero-order chi connectivity index (χ0) is 35.8. The largest absolute Gasteiger partial charge is 0.493 e. The van der Waals surface area contributed by atoms with Crippen molar-refractivity contribution in [2.24, 2.45) is 0 Å². The molecule has 4 N–H and O–H groups in total. The molecule has 0 aliphatic heterocycles. The summed E-state index contributed by atoms with van der Waals surface area (Å²) in [6, 6.07) is 10.1. The summed E-state index contributed by atoms with van der Waals surface area (Å²) in [5.74, 6) is -3.53. The molecule has 0 spiro atoms. The molecule has 4 rings (SSSR count). The van der Waals surface area contributed by atoms with Crippen LogP contribution < -0.4 is 23.8 Å². The monoisotopic (exact) mass is 674 g/mol. The number of aliphatic carboxylic acids is 4. The summed E-state index contributed by atoms with van der Waals surface area (Å²) in [6.45, 7) is 2.50. The van der Waals surface area contributed by atoms with Gasteiger partial charge in [0.15, 0.2) is 23.0 Å². The van der Waals surface area contributed by atoms with Gasteiger partial charge in [-0.25, -0.2) is 29.1 Å². The Labute approximate surface area is 277 Å². The van der Waals surface area contributed by atoms with Crippen molar-refractivity contribution in [3.63, 3.8) is 0 Å². The van der Waals surface area contributed by atoms with E-state index in [1.165, 1.54) is 12.8 Å². The van der Waals surface area contributed by atoms with E-state index in [9.17, 15) is 0 Å². The average Bonchev–Trinajstić information content (AvgIpc) is 3.57. The van der Waals surface area contributed by atoms with Crippen molar-refractivity contribution in [3.8, 4) is 23.0 Å². The van der Waals surface area contributed by atoms with E-state index in [1.807, 2.05) is 18.2 Å². The summed E-state index contributed by atoms with van der Waals surface area (Å²) in [4.78, 5) is 50.1.